The monoisotopic (exact) mass is 330 g/mol. The van der Waals surface area contributed by atoms with Crippen LogP contribution in [0.4, 0.5) is 11.8 Å². The highest BCUT2D eigenvalue weighted by atomic mass is 79.9. The minimum Gasteiger partial charge on any atom is -0.379 e. The Morgan fingerprint density at radius 1 is 1.32 bits per heavy atom. The average molecular weight is 331 g/mol. The van der Waals surface area contributed by atoms with Crippen LogP contribution in [0.5, 0.6) is 0 Å². The van der Waals surface area contributed by atoms with Crippen molar-refractivity contribution in [3.63, 3.8) is 0 Å². The molecule has 108 valence electrons. The molecule has 1 heterocycles. The smallest absolute Gasteiger partial charge is 0.224 e. The van der Waals surface area contributed by atoms with E-state index in [1.807, 2.05) is 6.92 Å². The van der Waals surface area contributed by atoms with Crippen LogP contribution in [-0.2, 0) is 4.74 Å². The van der Waals surface area contributed by atoms with Crippen molar-refractivity contribution >= 4 is 27.7 Å². The van der Waals surface area contributed by atoms with Crippen molar-refractivity contribution in [1.82, 2.24) is 9.97 Å². The average Bonchev–Trinajstić information content (AvgIpc) is 2.37. The number of nitrogens with one attached hydrogen (secondary N) is 2. The molecule has 0 atom stereocenters. The Labute approximate surface area is 123 Å². The standard InChI is InChI=1S/C13H23BrN4O/c1-4-15-13-17-9-11(14)12(18-13)16-7-5-6-8-19-10(2)3/h9-10H,4-8H2,1-3H3,(H2,15,16,17,18). The maximum Gasteiger partial charge on any atom is 0.224 e. The molecule has 0 amide bonds. The predicted octanol–water partition coefficient (Wildman–Crippen LogP) is 3.29. The number of anilines is 2. The lowest BCUT2D eigenvalue weighted by Gasteiger charge is -2.10. The van der Waals surface area contributed by atoms with Gasteiger partial charge in [-0.1, -0.05) is 0 Å². The van der Waals surface area contributed by atoms with Crippen LogP contribution < -0.4 is 10.6 Å². The van der Waals surface area contributed by atoms with Crippen LogP contribution in [0.1, 0.15) is 33.6 Å². The molecule has 0 aromatic carbocycles. The van der Waals surface area contributed by atoms with Gasteiger partial charge in [-0.2, -0.15) is 4.98 Å². The van der Waals surface area contributed by atoms with E-state index in [0.717, 1.165) is 42.8 Å². The molecule has 1 aromatic heterocycles. The Morgan fingerprint density at radius 2 is 2.11 bits per heavy atom. The zero-order valence-corrected chi connectivity index (χ0v) is 13.5. The quantitative estimate of drug-likeness (QED) is 0.680. The van der Waals surface area contributed by atoms with Crippen LogP contribution in [0.25, 0.3) is 0 Å². The summed E-state index contributed by atoms with van der Waals surface area (Å²) < 4.78 is 6.38. The van der Waals surface area contributed by atoms with E-state index in [1.165, 1.54) is 0 Å². The van der Waals surface area contributed by atoms with Crippen LogP contribution >= 0.6 is 15.9 Å². The van der Waals surface area contributed by atoms with Crippen LogP contribution in [0.15, 0.2) is 10.7 Å². The van der Waals surface area contributed by atoms with Crippen molar-refractivity contribution < 1.29 is 4.74 Å². The van der Waals surface area contributed by atoms with Gasteiger partial charge in [0, 0.05) is 25.9 Å². The number of hydrogen-bond acceptors (Lipinski definition) is 5. The maximum absolute atomic E-state index is 5.50. The molecule has 0 unspecified atom stereocenters. The molecule has 1 rings (SSSR count). The molecule has 0 aliphatic heterocycles. The predicted molar refractivity (Wildman–Crippen MR) is 82.7 cm³/mol. The summed E-state index contributed by atoms with van der Waals surface area (Å²) in [4.78, 5) is 8.57. The minimum absolute atomic E-state index is 0.312. The zero-order valence-electron chi connectivity index (χ0n) is 11.9. The third-order valence-corrected chi connectivity index (χ3v) is 2.97. The summed E-state index contributed by atoms with van der Waals surface area (Å²) in [7, 11) is 0. The fourth-order valence-electron chi connectivity index (χ4n) is 1.49. The summed E-state index contributed by atoms with van der Waals surface area (Å²) in [6.07, 6.45) is 4.18. The molecule has 2 N–H and O–H groups in total. The third kappa shape index (κ3) is 6.73. The number of unbranched alkanes of at least 4 members (excludes halogenated alkanes) is 1. The molecule has 0 fully saturated rings. The van der Waals surface area contributed by atoms with Gasteiger partial charge in [-0.05, 0) is 49.5 Å². The molecule has 0 saturated carbocycles. The van der Waals surface area contributed by atoms with Crippen LogP contribution in [0.2, 0.25) is 0 Å². The molecule has 0 aliphatic rings. The van der Waals surface area contributed by atoms with Crippen LogP contribution in [0.3, 0.4) is 0 Å². The number of nitrogens with zero attached hydrogens (tertiary/aromatic N) is 2. The fraction of sp³-hybridized carbons (Fsp3) is 0.692. The highest BCUT2D eigenvalue weighted by molar-refractivity contribution is 9.10. The molecular weight excluding hydrogens is 308 g/mol. The molecule has 0 radical (unpaired) electrons. The lowest BCUT2D eigenvalue weighted by molar-refractivity contribution is 0.0765. The van der Waals surface area contributed by atoms with Gasteiger partial charge in [0.25, 0.3) is 0 Å². The number of aromatic nitrogens is 2. The Kier molecular flexibility index (Phi) is 7.74. The summed E-state index contributed by atoms with van der Waals surface area (Å²) in [6.45, 7) is 8.63. The molecule has 0 spiro atoms. The van der Waals surface area contributed by atoms with E-state index in [4.69, 9.17) is 4.74 Å². The van der Waals surface area contributed by atoms with Gasteiger partial charge in [-0.3, -0.25) is 0 Å². The Hall–Kier alpha value is -0.880. The number of rotatable bonds is 9. The summed E-state index contributed by atoms with van der Waals surface area (Å²) >= 11 is 3.44. The van der Waals surface area contributed by atoms with Gasteiger partial charge >= 0.3 is 0 Å². The number of hydrogen-bond donors (Lipinski definition) is 2. The molecule has 5 nitrogen and oxygen atoms in total. The summed E-state index contributed by atoms with van der Waals surface area (Å²) in [5, 5.41) is 6.40. The topological polar surface area (TPSA) is 59.1 Å². The summed E-state index contributed by atoms with van der Waals surface area (Å²) in [5.74, 6) is 1.48. The van der Waals surface area contributed by atoms with E-state index in [0.29, 0.717) is 12.1 Å². The highest BCUT2D eigenvalue weighted by Crippen LogP contribution is 2.19. The number of halogens is 1. The highest BCUT2D eigenvalue weighted by Gasteiger charge is 2.03. The van der Waals surface area contributed by atoms with E-state index in [1.54, 1.807) is 6.20 Å². The number of ether oxygens (including phenoxy) is 1. The molecule has 1 aromatic rings. The summed E-state index contributed by atoms with van der Waals surface area (Å²) in [5.41, 5.74) is 0. The van der Waals surface area contributed by atoms with Crippen molar-refractivity contribution in [2.24, 2.45) is 0 Å². The SMILES string of the molecule is CCNc1ncc(Br)c(NCCCCOC(C)C)n1. The third-order valence-electron chi connectivity index (χ3n) is 2.39. The molecule has 19 heavy (non-hydrogen) atoms. The van der Waals surface area contributed by atoms with E-state index in [-0.39, 0.29) is 0 Å². The largest absolute Gasteiger partial charge is 0.379 e. The van der Waals surface area contributed by atoms with Crippen LogP contribution in [0, 0.1) is 0 Å². The van der Waals surface area contributed by atoms with Gasteiger partial charge in [0.1, 0.15) is 5.82 Å². The van der Waals surface area contributed by atoms with E-state index >= 15 is 0 Å². The zero-order chi connectivity index (χ0) is 14.1. The lowest BCUT2D eigenvalue weighted by Crippen LogP contribution is -2.09. The first-order valence-electron chi connectivity index (χ1n) is 6.75. The normalized spacial score (nSPS) is 10.8. The molecule has 0 saturated heterocycles. The van der Waals surface area contributed by atoms with E-state index in [2.05, 4.69) is 50.4 Å². The minimum atomic E-state index is 0.312. The fourth-order valence-corrected chi connectivity index (χ4v) is 1.82. The Morgan fingerprint density at radius 3 is 2.79 bits per heavy atom. The Bertz CT molecular complexity index is 374. The lowest BCUT2D eigenvalue weighted by atomic mass is 10.3. The van der Waals surface area contributed by atoms with Crippen molar-refractivity contribution in [2.45, 2.75) is 39.7 Å². The first-order valence-corrected chi connectivity index (χ1v) is 7.54. The first-order chi connectivity index (χ1) is 9.13. The van der Waals surface area contributed by atoms with Crippen molar-refractivity contribution in [3.05, 3.63) is 10.7 Å². The van der Waals surface area contributed by atoms with Gasteiger partial charge in [-0.25, -0.2) is 4.98 Å². The second-order valence-electron chi connectivity index (χ2n) is 4.47. The van der Waals surface area contributed by atoms with Crippen LogP contribution in [-0.4, -0.2) is 35.8 Å². The van der Waals surface area contributed by atoms with Gasteiger partial charge < -0.3 is 15.4 Å². The van der Waals surface area contributed by atoms with Gasteiger partial charge in [0.05, 0.1) is 10.6 Å². The maximum atomic E-state index is 5.50. The molecule has 6 heteroatoms. The second-order valence-corrected chi connectivity index (χ2v) is 5.33. The van der Waals surface area contributed by atoms with Crippen molar-refractivity contribution in [3.8, 4) is 0 Å². The van der Waals surface area contributed by atoms with Gasteiger partial charge in [0.15, 0.2) is 0 Å². The Balaban J connectivity index is 2.30. The van der Waals surface area contributed by atoms with Gasteiger partial charge in [0.2, 0.25) is 5.95 Å². The van der Waals surface area contributed by atoms with E-state index < -0.39 is 0 Å². The second kappa shape index (κ2) is 9.09. The summed E-state index contributed by atoms with van der Waals surface area (Å²) in [6, 6.07) is 0. The van der Waals surface area contributed by atoms with Crippen molar-refractivity contribution in [2.75, 3.05) is 30.3 Å². The first kappa shape index (κ1) is 16.2. The molecule has 0 bridgehead atoms. The molecule has 0 aliphatic carbocycles. The van der Waals surface area contributed by atoms with Gasteiger partial charge in [-0.15, -0.1) is 0 Å². The van der Waals surface area contributed by atoms with Crippen molar-refractivity contribution in [1.29, 1.82) is 0 Å². The molecular formula is C13H23BrN4O. The van der Waals surface area contributed by atoms with E-state index in [9.17, 15) is 0 Å².